The fourth-order valence-corrected chi connectivity index (χ4v) is 4.54. The topological polar surface area (TPSA) is 50.1 Å². The zero-order chi connectivity index (χ0) is 17.0. The summed E-state index contributed by atoms with van der Waals surface area (Å²) in [5.74, 6) is 1.06. The molecule has 0 spiro atoms. The Balaban J connectivity index is 1.23. The molecule has 0 aromatic carbocycles. The van der Waals surface area contributed by atoms with Crippen LogP contribution in [0.2, 0.25) is 0 Å². The van der Waals surface area contributed by atoms with Crippen molar-refractivity contribution in [3.63, 3.8) is 0 Å². The Morgan fingerprint density at radius 3 is 2.76 bits per heavy atom. The Labute approximate surface area is 148 Å². The molecule has 1 saturated heterocycles. The van der Waals surface area contributed by atoms with E-state index < -0.39 is 0 Å². The van der Waals surface area contributed by atoms with E-state index in [-0.39, 0.29) is 0 Å². The maximum absolute atomic E-state index is 4.70. The molecule has 0 atom stereocenters. The van der Waals surface area contributed by atoms with Crippen molar-refractivity contribution in [2.75, 3.05) is 25.0 Å². The van der Waals surface area contributed by atoms with E-state index in [0.29, 0.717) is 6.04 Å². The number of rotatable bonds is 4. The molecule has 6 nitrogen and oxygen atoms in total. The first-order chi connectivity index (χ1) is 12.2. The van der Waals surface area contributed by atoms with Crippen molar-refractivity contribution in [2.45, 2.75) is 51.1 Å². The predicted octanol–water partition coefficient (Wildman–Crippen LogP) is 1.51. The number of fused-ring (bicyclic) bond motifs is 2. The third-order valence-corrected chi connectivity index (χ3v) is 6.21. The van der Waals surface area contributed by atoms with E-state index in [0.717, 1.165) is 38.3 Å². The van der Waals surface area contributed by atoms with Gasteiger partial charge in [-0.2, -0.15) is 10.2 Å². The van der Waals surface area contributed by atoms with Crippen molar-refractivity contribution in [2.24, 2.45) is 7.05 Å². The minimum absolute atomic E-state index is 0.585. The van der Waals surface area contributed by atoms with Crippen molar-refractivity contribution in [1.82, 2.24) is 24.9 Å². The Kier molecular flexibility index (Phi) is 3.55. The summed E-state index contributed by atoms with van der Waals surface area (Å²) in [7, 11) is 4.33. The van der Waals surface area contributed by atoms with E-state index in [1.54, 1.807) is 0 Å². The molecule has 132 valence electrons. The summed E-state index contributed by atoms with van der Waals surface area (Å²) in [5, 5.41) is 13.6. The zero-order valence-corrected chi connectivity index (χ0v) is 15.2. The second kappa shape index (κ2) is 5.80. The fraction of sp³-hybridized carbons (Fsp3) is 0.632. The van der Waals surface area contributed by atoms with Gasteiger partial charge in [0.2, 0.25) is 0 Å². The van der Waals surface area contributed by atoms with Gasteiger partial charge in [0, 0.05) is 32.7 Å². The lowest BCUT2D eigenvalue weighted by Crippen LogP contribution is -2.58. The van der Waals surface area contributed by atoms with E-state index in [1.807, 2.05) is 0 Å². The minimum Gasteiger partial charge on any atom is -0.352 e. The second-order valence-corrected chi connectivity index (χ2v) is 7.85. The average Bonchev–Trinajstić information content (AvgIpc) is 3.24. The largest absolute Gasteiger partial charge is 0.352 e. The van der Waals surface area contributed by atoms with Gasteiger partial charge in [0.05, 0.1) is 17.1 Å². The minimum atomic E-state index is 0.585. The molecule has 25 heavy (non-hydrogen) atoms. The molecule has 0 radical (unpaired) electrons. The van der Waals surface area contributed by atoms with Crippen LogP contribution in [0.3, 0.4) is 0 Å². The molecule has 6 heteroatoms. The molecule has 1 aliphatic heterocycles. The van der Waals surface area contributed by atoms with Crippen molar-refractivity contribution < 1.29 is 0 Å². The van der Waals surface area contributed by atoms with Crippen LogP contribution in [-0.2, 0) is 39.3 Å². The SMILES string of the molecule is CN(Cc1c2c(nn1C)CCC2)C1CN(c2cc3c(nn2)CCC3)C1. The first-order valence-electron chi connectivity index (χ1n) is 9.53. The third-order valence-electron chi connectivity index (χ3n) is 6.21. The van der Waals surface area contributed by atoms with E-state index >= 15 is 0 Å². The summed E-state index contributed by atoms with van der Waals surface area (Å²) in [6.07, 6.45) is 7.12. The van der Waals surface area contributed by atoms with Crippen molar-refractivity contribution in [3.05, 3.63) is 34.3 Å². The lowest BCUT2D eigenvalue weighted by atomic mass is 10.1. The maximum Gasteiger partial charge on any atom is 0.151 e. The Bertz CT molecular complexity index is 804. The molecule has 0 unspecified atom stereocenters. The van der Waals surface area contributed by atoms with Crippen LogP contribution in [0, 0.1) is 0 Å². The van der Waals surface area contributed by atoms with Crippen LogP contribution in [0.1, 0.15) is 41.1 Å². The van der Waals surface area contributed by atoms with E-state index in [4.69, 9.17) is 5.10 Å². The van der Waals surface area contributed by atoms with Crippen molar-refractivity contribution in [1.29, 1.82) is 0 Å². The van der Waals surface area contributed by atoms with Crippen molar-refractivity contribution in [3.8, 4) is 0 Å². The highest BCUT2D eigenvalue weighted by atomic mass is 15.4. The van der Waals surface area contributed by atoms with Gasteiger partial charge in [0.15, 0.2) is 5.82 Å². The van der Waals surface area contributed by atoms with Gasteiger partial charge in [-0.25, -0.2) is 0 Å². The molecule has 2 aromatic heterocycles. The van der Waals surface area contributed by atoms with Gasteiger partial charge >= 0.3 is 0 Å². The van der Waals surface area contributed by atoms with Crippen LogP contribution < -0.4 is 4.90 Å². The number of aromatic nitrogens is 4. The molecule has 1 fully saturated rings. The Morgan fingerprint density at radius 1 is 1.08 bits per heavy atom. The molecular formula is C19H26N6. The summed E-state index contributed by atoms with van der Waals surface area (Å²) in [6, 6.07) is 2.85. The predicted molar refractivity (Wildman–Crippen MR) is 96.8 cm³/mol. The van der Waals surface area contributed by atoms with E-state index in [1.165, 1.54) is 53.9 Å². The van der Waals surface area contributed by atoms with E-state index in [9.17, 15) is 0 Å². The third kappa shape index (κ3) is 2.54. The molecule has 0 saturated carbocycles. The molecule has 2 aromatic rings. The highest BCUT2D eigenvalue weighted by molar-refractivity contribution is 5.45. The van der Waals surface area contributed by atoms with Crippen LogP contribution in [0.5, 0.6) is 0 Å². The smallest absolute Gasteiger partial charge is 0.151 e. The number of aryl methyl sites for hydroxylation is 4. The van der Waals surface area contributed by atoms with Crippen LogP contribution in [-0.4, -0.2) is 51.1 Å². The Morgan fingerprint density at radius 2 is 1.88 bits per heavy atom. The molecule has 0 amide bonds. The van der Waals surface area contributed by atoms with Gasteiger partial charge in [0.25, 0.3) is 0 Å². The highest BCUT2D eigenvalue weighted by Gasteiger charge is 2.33. The second-order valence-electron chi connectivity index (χ2n) is 7.85. The quantitative estimate of drug-likeness (QED) is 0.846. The normalized spacial score (nSPS) is 19.4. The van der Waals surface area contributed by atoms with Gasteiger partial charge in [-0.3, -0.25) is 9.58 Å². The summed E-state index contributed by atoms with van der Waals surface area (Å²) >= 11 is 0. The van der Waals surface area contributed by atoms with Gasteiger partial charge in [-0.15, -0.1) is 5.10 Å². The summed E-state index contributed by atoms with van der Waals surface area (Å²) < 4.78 is 2.10. The summed E-state index contributed by atoms with van der Waals surface area (Å²) in [4.78, 5) is 4.84. The Hall–Kier alpha value is -1.95. The van der Waals surface area contributed by atoms with Gasteiger partial charge < -0.3 is 4.90 Å². The van der Waals surface area contributed by atoms with E-state index in [2.05, 4.69) is 44.8 Å². The molecule has 2 aliphatic carbocycles. The van der Waals surface area contributed by atoms with Crippen LogP contribution in [0.4, 0.5) is 5.82 Å². The number of hydrogen-bond donors (Lipinski definition) is 0. The first kappa shape index (κ1) is 15.3. The number of nitrogens with zero attached hydrogens (tertiary/aromatic N) is 6. The van der Waals surface area contributed by atoms with Crippen LogP contribution in [0.15, 0.2) is 6.07 Å². The lowest BCUT2D eigenvalue weighted by molar-refractivity contribution is 0.192. The summed E-state index contributed by atoms with van der Waals surface area (Å²) in [5.41, 5.74) is 6.87. The molecule has 0 bridgehead atoms. The lowest BCUT2D eigenvalue weighted by Gasteiger charge is -2.44. The molecular weight excluding hydrogens is 312 g/mol. The average molecular weight is 338 g/mol. The van der Waals surface area contributed by atoms with Gasteiger partial charge in [-0.05, 0) is 62.8 Å². The van der Waals surface area contributed by atoms with Gasteiger partial charge in [-0.1, -0.05) is 0 Å². The van der Waals surface area contributed by atoms with Crippen LogP contribution in [0.25, 0.3) is 0 Å². The number of likely N-dealkylation sites (N-methyl/N-ethyl adjacent to an activating group) is 1. The summed E-state index contributed by atoms with van der Waals surface area (Å²) in [6.45, 7) is 3.08. The first-order valence-corrected chi connectivity index (χ1v) is 9.53. The molecule has 5 rings (SSSR count). The fourth-order valence-electron chi connectivity index (χ4n) is 4.54. The highest BCUT2D eigenvalue weighted by Crippen LogP contribution is 2.29. The van der Waals surface area contributed by atoms with Crippen molar-refractivity contribution >= 4 is 5.82 Å². The maximum atomic E-state index is 4.70. The molecule has 3 aliphatic rings. The number of hydrogen-bond acceptors (Lipinski definition) is 5. The monoisotopic (exact) mass is 338 g/mol. The standard InChI is InChI=1S/C19H26N6/c1-23(12-18-15-6-4-8-17(15)22-24(18)2)14-10-25(11-14)19-9-13-5-3-7-16(13)20-21-19/h9,14H,3-8,10-12H2,1-2H3. The zero-order valence-electron chi connectivity index (χ0n) is 15.2. The molecule has 3 heterocycles. The van der Waals surface area contributed by atoms with Crippen LogP contribution >= 0.6 is 0 Å². The van der Waals surface area contributed by atoms with Gasteiger partial charge in [0.1, 0.15) is 0 Å². The molecule has 0 N–H and O–H groups in total. The number of anilines is 1.